The van der Waals surface area contributed by atoms with Gasteiger partial charge in [0, 0.05) is 36.1 Å². The van der Waals surface area contributed by atoms with E-state index in [1.807, 2.05) is 0 Å². The molecule has 4 rings (SSSR count). The molecule has 31 heavy (non-hydrogen) atoms. The lowest BCUT2D eigenvalue weighted by Gasteiger charge is -2.47. The van der Waals surface area contributed by atoms with E-state index < -0.39 is 10.0 Å². The fraction of sp³-hybridized carbons (Fsp3) is 0.667. The molecule has 8 nitrogen and oxygen atoms in total. The van der Waals surface area contributed by atoms with Gasteiger partial charge in [0.15, 0.2) is 0 Å². The van der Waals surface area contributed by atoms with Crippen LogP contribution in [0.25, 0.3) is 11.0 Å². The van der Waals surface area contributed by atoms with E-state index in [0.29, 0.717) is 37.0 Å². The smallest absolute Gasteiger partial charge is 0.245 e. The molecule has 2 aliphatic rings. The van der Waals surface area contributed by atoms with Gasteiger partial charge in [-0.15, -0.1) is 0 Å². The quantitative estimate of drug-likeness (QED) is 0.719. The summed E-state index contributed by atoms with van der Waals surface area (Å²) in [5, 5.41) is 6.87. The predicted molar refractivity (Wildman–Crippen MR) is 121 cm³/mol. The van der Waals surface area contributed by atoms with Crippen molar-refractivity contribution in [2.24, 2.45) is 5.92 Å². The van der Waals surface area contributed by atoms with Crippen LogP contribution >= 0.6 is 11.7 Å². The highest BCUT2D eigenvalue weighted by Gasteiger charge is 2.39. The van der Waals surface area contributed by atoms with Crippen molar-refractivity contribution in [3.05, 3.63) is 18.2 Å². The number of carbonyl (C=O) groups is 1. The van der Waals surface area contributed by atoms with E-state index in [1.165, 1.54) is 4.31 Å². The van der Waals surface area contributed by atoms with Crippen molar-refractivity contribution in [3.63, 3.8) is 0 Å². The van der Waals surface area contributed by atoms with Crippen molar-refractivity contribution in [3.8, 4) is 0 Å². The van der Waals surface area contributed by atoms with Crippen molar-refractivity contribution in [2.45, 2.75) is 75.4 Å². The van der Waals surface area contributed by atoms with E-state index in [1.54, 1.807) is 18.2 Å². The minimum absolute atomic E-state index is 0.0390. The Morgan fingerprint density at radius 3 is 2.42 bits per heavy atom. The molecule has 3 heterocycles. The van der Waals surface area contributed by atoms with Gasteiger partial charge in [-0.1, -0.05) is 6.07 Å². The van der Waals surface area contributed by atoms with Gasteiger partial charge >= 0.3 is 0 Å². The maximum atomic E-state index is 13.2. The van der Waals surface area contributed by atoms with Gasteiger partial charge < -0.3 is 10.6 Å². The Hall–Kier alpha value is -1.62. The molecule has 1 amide bonds. The van der Waals surface area contributed by atoms with Crippen molar-refractivity contribution in [1.29, 1.82) is 0 Å². The van der Waals surface area contributed by atoms with Crippen molar-refractivity contribution >= 4 is 38.7 Å². The molecule has 1 aromatic heterocycles. The number of sulfonamides is 1. The molecular formula is C21H31N5O3S2. The molecule has 0 aliphatic carbocycles. The molecule has 0 spiro atoms. The van der Waals surface area contributed by atoms with E-state index in [9.17, 15) is 13.2 Å². The lowest BCUT2D eigenvalue weighted by molar-refractivity contribution is -0.127. The third-order valence-electron chi connectivity index (χ3n) is 6.23. The van der Waals surface area contributed by atoms with Crippen molar-refractivity contribution < 1.29 is 13.2 Å². The molecule has 0 radical (unpaired) electrons. The molecule has 170 valence electrons. The van der Waals surface area contributed by atoms with Crippen LogP contribution in [-0.4, -0.2) is 57.6 Å². The van der Waals surface area contributed by atoms with Gasteiger partial charge in [-0.25, -0.2) is 8.42 Å². The summed E-state index contributed by atoms with van der Waals surface area (Å²) in [6, 6.07) is 5.16. The molecule has 2 fully saturated rings. The zero-order valence-electron chi connectivity index (χ0n) is 18.5. The Kier molecular flexibility index (Phi) is 5.87. The maximum absolute atomic E-state index is 13.2. The number of rotatable bonds is 4. The molecular weight excluding hydrogens is 434 g/mol. The fourth-order valence-electron chi connectivity index (χ4n) is 5.23. The molecule has 0 atom stereocenters. The second-order valence-corrected chi connectivity index (χ2v) is 12.5. The molecule has 2 saturated heterocycles. The van der Waals surface area contributed by atoms with Crippen LogP contribution < -0.4 is 10.6 Å². The number of amides is 1. The van der Waals surface area contributed by atoms with E-state index >= 15 is 0 Å². The Morgan fingerprint density at radius 2 is 1.77 bits per heavy atom. The summed E-state index contributed by atoms with van der Waals surface area (Å²) in [4.78, 5) is 13.1. The first kappa shape index (κ1) is 22.6. The number of hydrogen-bond acceptors (Lipinski definition) is 7. The molecule has 0 saturated carbocycles. The van der Waals surface area contributed by atoms with Crippen LogP contribution in [0.5, 0.6) is 0 Å². The van der Waals surface area contributed by atoms with E-state index in [2.05, 4.69) is 47.1 Å². The fourth-order valence-corrected chi connectivity index (χ4v) is 7.45. The summed E-state index contributed by atoms with van der Waals surface area (Å²) in [6.45, 7) is 9.31. The minimum Gasteiger partial charge on any atom is -0.353 e. The van der Waals surface area contributed by atoms with Crippen LogP contribution in [0.1, 0.15) is 53.4 Å². The molecule has 2 aliphatic heterocycles. The van der Waals surface area contributed by atoms with Crippen LogP contribution in [-0.2, 0) is 14.8 Å². The van der Waals surface area contributed by atoms with Crippen LogP contribution in [0.4, 0.5) is 0 Å². The Morgan fingerprint density at radius 1 is 1.13 bits per heavy atom. The number of hydrogen-bond donors (Lipinski definition) is 2. The van der Waals surface area contributed by atoms with E-state index in [4.69, 9.17) is 0 Å². The topological polar surface area (TPSA) is 104 Å². The summed E-state index contributed by atoms with van der Waals surface area (Å²) >= 11 is 1.01. The van der Waals surface area contributed by atoms with Crippen molar-refractivity contribution in [1.82, 2.24) is 23.7 Å². The van der Waals surface area contributed by atoms with Gasteiger partial charge in [0.25, 0.3) is 0 Å². The standard InChI is InChI=1S/C21H31N5O3S2/c1-20(2)12-15(13-21(3,4)25-20)22-19(27)14-8-10-26(11-9-14)31(28,29)17-7-5-6-16-18(17)24-30-23-16/h5-7,14-15,25H,8-13H2,1-4H3,(H,22,27). The monoisotopic (exact) mass is 465 g/mol. The summed E-state index contributed by atoms with van der Waals surface area (Å²) in [5.41, 5.74) is 0.933. The zero-order valence-corrected chi connectivity index (χ0v) is 20.1. The SMILES string of the molecule is CC1(C)CC(NC(=O)C2CCN(S(=O)(=O)c3cccc4nsnc34)CC2)CC(C)(C)N1. The number of aromatic nitrogens is 2. The van der Waals surface area contributed by atoms with Gasteiger partial charge in [-0.05, 0) is 65.5 Å². The van der Waals surface area contributed by atoms with Gasteiger partial charge in [0.2, 0.25) is 15.9 Å². The molecule has 0 bridgehead atoms. The van der Waals surface area contributed by atoms with E-state index in [-0.39, 0.29) is 33.8 Å². The predicted octanol–water partition coefficient (Wildman–Crippen LogP) is 2.52. The maximum Gasteiger partial charge on any atom is 0.245 e. The van der Waals surface area contributed by atoms with Gasteiger partial charge in [0.05, 0.1) is 11.7 Å². The van der Waals surface area contributed by atoms with Crippen molar-refractivity contribution in [2.75, 3.05) is 13.1 Å². The summed E-state index contributed by atoms with van der Waals surface area (Å²) < 4.78 is 36.2. The van der Waals surface area contributed by atoms with Gasteiger partial charge in [0.1, 0.15) is 15.9 Å². The van der Waals surface area contributed by atoms with Gasteiger partial charge in [-0.3, -0.25) is 4.79 Å². The zero-order chi connectivity index (χ0) is 22.4. The Labute approximate surface area is 188 Å². The minimum atomic E-state index is -3.67. The van der Waals surface area contributed by atoms with Crippen LogP contribution in [0.15, 0.2) is 23.1 Å². The van der Waals surface area contributed by atoms with Crippen LogP contribution in [0.2, 0.25) is 0 Å². The first-order chi connectivity index (χ1) is 14.5. The first-order valence-electron chi connectivity index (χ1n) is 10.8. The number of fused-ring (bicyclic) bond motifs is 1. The highest BCUT2D eigenvalue weighted by molar-refractivity contribution is 7.89. The van der Waals surface area contributed by atoms with E-state index in [0.717, 1.165) is 24.6 Å². The number of nitrogens with one attached hydrogen (secondary N) is 2. The average Bonchev–Trinajstić information content (AvgIpc) is 3.14. The third-order valence-corrected chi connectivity index (χ3v) is 8.70. The summed E-state index contributed by atoms with van der Waals surface area (Å²) in [6.07, 6.45) is 2.80. The van der Waals surface area contributed by atoms with Crippen LogP contribution in [0, 0.1) is 5.92 Å². The van der Waals surface area contributed by atoms with Crippen LogP contribution in [0.3, 0.4) is 0 Å². The number of nitrogens with zero attached hydrogens (tertiary/aromatic N) is 3. The molecule has 10 heteroatoms. The lowest BCUT2D eigenvalue weighted by Crippen LogP contribution is -2.62. The van der Waals surface area contributed by atoms with Gasteiger partial charge in [-0.2, -0.15) is 13.1 Å². The molecule has 1 aromatic carbocycles. The molecule has 2 N–H and O–H groups in total. The second-order valence-electron chi connectivity index (χ2n) is 10.1. The highest BCUT2D eigenvalue weighted by Crippen LogP contribution is 2.30. The third kappa shape index (κ3) is 4.76. The molecule has 2 aromatic rings. The number of benzene rings is 1. The largest absolute Gasteiger partial charge is 0.353 e. The Bertz CT molecular complexity index is 1060. The summed E-state index contributed by atoms with van der Waals surface area (Å²) in [7, 11) is -3.67. The number of piperidine rings is 2. The normalized spacial score (nSPS) is 23.1. The molecule has 0 unspecified atom stereocenters. The lowest BCUT2D eigenvalue weighted by atomic mass is 9.79. The Balaban J connectivity index is 1.39. The second kappa shape index (κ2) is 8.06. The summed E-state index contributed by atoms with van der Waals surface area (Å²) in [5.74, 6) is -0.120. The average molecular weight is 466 g/mol. The number of carbonyl (C=O) groups excluding carboxylic acids is 1. The first-order valence-corrected chi connectivity index (χ1v) is 13.0. The highest BCUT2D eigenvalue weighted by atomic mass is 32.2.